The second-order valence-electron chi connectivity index (χ2n) is 5.81. The second-order valence-corrected chi connectivity index (χ2v) is 6.97. The van der Waals surface area contributed by atoms with Crippen molar-refractivity contribution in [1.29, 1.82) is 0 Å². The number of carbonyl (C=O) groups excluding carboxylic acids is 1. The molecule has 0 spiro atoms. The van der Waals surface area contributed by atoms with E-state index in [4.69, 9.17) is 5.73 Å². The lowest BCUT2D eigenvalue weighted by atomic mass is 10.1. The van der Waals surface area contributed by atoms with E-state index in [-0.39, 0.29) is 21.0 Å². The van der Waals surface area contributed by atoms with Gasteiger partial charge in [-0.1, -0.05) is 24.3 Å². The molecule has 25 heavy (non-hydrogen) atoms. The number of rotatable bonds is 2. The first kappa shape index (κ1) is 17.8. The van der Waals surface area contributed by atoms with Crippen LogP contribution in [0.3, 0.4) is 0 Å². The number of halogens is 4. The van der Waals surface area contributed by atoms with Crippen LogP contribution in [0.2, 0.25) is 0 Å². The molecule has 1 aliphatic rings. The zero-order chi connectivity index (χ0) is 18.2. The van der Waals surface area contributed by atoms with Crippen molar-refractivity contribution in [3.63, 3.8) is 0 Å². The number of carbonyl (C=O) groups is 1. The van der Waals surface area contributed by atoms with E-state index in [2.05, 4.69) is 10.6 Å². The lowest BCUT2D eigenvalue weighted by Gasteiger charge is -2.17. The summed E-state index contributed by atoms with van der Waals surface area (Å²) < 4.78 is 39.0. The Morgan fingerprint density at radius 2 is 1.96 bits per heavy atom. The quantitative estimate of drug-likeness (QED) is 0.449. The van der Waals surface area contributed by atoms with Crippen LogP contribution in [0.25, 0.3) is 0 Å². The fraction of sp³-hybridized carbons (Fsp3) is 0.235. The predicted octanol–water partition coefficient (Wildman–Crippen LogP) is 4.70. The number of urea groups is 1. The van der Waals surface area contributed by atoms with Crippen LogP contribution in [0.1, 0.15) is 29.2 Å². The molecule has 0 fully saturated rings. The van der Waals surface area contributed by atoms with Crippen LogP contribution in [-0.4, -0.2) is 6.03 Å². The van der Waals surface area contributed by atoms with Gasteiger partial charge in [0, 0.05) is 3.57 Å². The summed E-state index contributed by atoms with van der Waals surface area (Å²) in [5.41, 5.74) is 7.21. The highest BCUT2D eigenvalue weighted by atomic mass is 127. The van der Waals surface area contributed by atoms with Gasteiger partial charge in [0.25, 0.3) is 0 Å². The number of alkyl halides is 3. The van der Waals surface area contributed by atoms with E-state index in [9.17, 15) is 18.0 Å². The largest absolute Gasteiger partial charge is 0.416 e. The van der Waals surface area contributed by atoms with Crippen molar-refractivity contribution in [3.8, 4) is 0 Å². The highest BCUT2D eigenvalue weighted by Gasteiger charge is 2.32. The van der Waals surface area contributed by atoms with E-state index in [1.807, 2.05) is 24.3 Å². The van der Waals surface area contributed by atoms with Crippen molar-refractivity contribution in [2.45, 2.75) is 25.1 Å². The summed E-state index contributed by atoms with van der Waals surface area (Å²) in [5.74, 6) is 0. The molecule has 0 bridgehead atoms. The zero-order valence-electron chi connectivity index (χ0n) is 13.0. The van der Waals surface area contributed by atoms with Crippen molar-refractivity contribution in [2.24, 2.45) is 0 Å². The Hall–Kier alpha value is -1.97. The minimum absolute atomic E-state index is 0.0528. The Kier molecular flexibility index (Phi) is 4.81. The molecule has 0 unspecified atom stereocenters. The maximum atomic E-state index is 12.9. The standard InChI is InChI=1S/C17H15F3IN3O/c18-17(19,20)10-7-12(21)15(22)14(8-10)24-16(25)23-13-6-5-9-3-1-2-4-11(9)13/h1-4,7-8,13H,5-6,22H2,(H2,23,24,25)/t13-/m1/s1. The molecule has 8 heteroatoms. The number of amides is 2. The van der Waals surface area contributed by atoms with Crippen LogP contribution in [0.15, 0.2) is 36.4 Å². The third-order valence-corrected chi connectivity index (χ3v) is 5.04. The van der Waals surface area contributed by atoms with Crippen LogP contribution < -0.4 is 16.4 Å². The molecule has 2 amide bonds. The SMILES string of the molecule is Nc1c(I)cc(C(F)(F)F)cc1NC(=O)N[C@@H]1CCc2ccccc21. The Balaban J connectivity index is 1.77. The molecule has 0 heterocycles. The van der Waals surface area contributed by atoms with Crippen LogP contribution >= 0.6 is 22.6 Å². The molecular formula is C17H15F3IN3O. The maximum absolute atomic E-state index is 12.9. The first-order valence-corrected chi connectivity index (χ1v) is 8.65. The van der Waals surface area contributed by atoms with Gasteiger partial charge in [0.1, 0.15) is 0 Å². The predicted molar refractivity (Wildman–Crippen MR) is 98.2 cm³/mol. The third-order valence-electron chi connectivity index (χ3n) is 4.14. The van der Waals surface area contributed by atoms with Gasteiger partial charge >= 0.3 is 12.2 Å². The van der Waals surface area contributed by atoms with Crippen molar-refractivity contribution < 1.29 is 18.0 Å². The van der Waals surface area contributed by atoms with Crippen molar-refractivity contribution in [1.82, 2.24) is 5.32 Å². The summed E-state index contributed by atoms with van der Waals surface area (Å²) >= 11 is 1.72. The van der Waals surface area contributed by atoms with Gasteiger partial charge < -0.3 is 16.4 Å². The number of benzene rings is 2. The molecule has 2 aromatic carbocycles. The molecule has 0 saturated carbocycles. The lowest BCUT2D eigenvalue weighted by molar-refractivity contribution is -0.137. The Labute approximate surface area is 156 Å². The molecule has 0 aromatic heterocycles. The smallest absolute Gasteiger partial charge is 0.396 e. The second kappa shape index (κ2) is 6.74. The van der Waals surface area contributed by atoms with Crippen LogP contribution in [0.4, 0.5) is 29.3 Å². The number of anilines is 2. The Bertz CT molecular complexity index is 823. The Morgan fingerprint density at radius 3 is 2.68 bits per heavy atom. The summed E-state index contributed by atoms with van der Waals surface area (Å²) in [6.07, 6.45) is -2.90. The van der Waals surface area contributed by atoms with E-state index in [0.29, 0.717) is 0 Å². The maximum Gasteiger partial charge on any atom is 0.416 e. The van der Waals surface area contributed by atoms with Crippen molar-refractivity contribution in [2.75, 3.05) is 11.1 Å². The number of fused-ring (bicyclic) bond motifs is 1. The van der Waals surface area contributed by atoms with Crippen molar-refractivity contribution in [3.05, 3.63) is 56.7 Å². The number of aryl methyl sites for hydroxylation is 1. The third kappa shape index (κ3) is 3.83. The molecule has 1 atom stereocenters. The van der Waals surface area contributed by atoms with Crippen LogP contribution in [0.5, 0.6) is 0 Å². The molecule has 3 rings (SSSR count). The highest BCUT2D eigenvalue weighted by molar-refractivity contribution is 14.1. The first-order valence-electron chi connectivity index (χ1n) is 7.57. The average Bonchev–Trinajstić information content (AvgIpc) is 2.94. The van der Waals surface area contributed by atoms with Gasteiger partial charge in [0.15, 0.2) is 0 Å². The molecule has 0 radical (unpaired) electrons. The normalized spacial score (nSPS) is 16.4. The van der Waals surface area contributed by atoms with Gasteiger partial charge in [-0.3, -0.25) is 0 Å². The fourth-order valence-electron chi connectivity index (χ4n) is 2.91. The minimum atomic E-state index is -4.51. The molecule has 4 N–H and O–H groups in total. The molecule has 1 aliphatic carbocycles. The number of hydrogen-bond acceptors (Lipinski definition) is 2. The number of nitrogens with two attached hydrogens (primary N) is 1. The molecule has 4 nitrogen and oxygen atoms in total. The molecule has 2 aromatic rings. The lowest BCUT2D eigenvalue weighted by Crippen LogP contribution is -2.32. The zero-order valence-corrected chi connectivity index (χ0v) is 15.1. The van der Waals surface area contributed by atoms with Gasteiger partial charge in [0.05, 0.1) is 23.0 Å². The number of nitrogen functional groups attached to an aromatic ring is 1. The Morgan fingerprint density at radius 1 is 1.24 bits per heavy atom. The van der Waals surface area contributed by atoms with Gasteiger partial charge in [-0.2, -0.15) is 13.2 Å². The monoisotopic (exact) mass is 461 g/mol. The van der Waals surface area contributed by atoms with Gasteiger partial charge in [0.2, 0.25) is 0 Å². The van der Waals surface area contributed by atoms with Gasteiger partial charge in [-0.15, -0.1) is 0 Å². The van der Waals surface area contributed by atoms with Gasteiger partial charge in [-0.05, 0) is 58.7 Å². The topological polar surface area (TPSA) is 67.1 Å². The van der Waals surface area contributed by atoms with E-state index < -0.39 is 17.8 Å². The summed E-state index contributed by atoms with van der Waals surface area (Å²) in [6.45, 7) is 0. The van der Waals surface area contributed by atoms with E-state index in [0.717, 1.165) is 30.5 Å². The summed E-state index contributed by atoms with van der Waals surface area (Å²) in [6, 6.07) is 8.82. The molecule has 132 valence electrons. The summed E-state index contributed by atoms with van der Waals surface area (Å²) in [5, 5.41) is 5.24. The van der Waals surface area contributed by atoms with Crippen LogP contribution in [0, 0.1) is 3.57 Å². The molecular weight excluding hydrogens is 446 g/mol. The minimum Gasteiger partial charge on any atom is -0.396 e. The average molecular weight is 461 g/mol. The van der Waals surface area contributed by atoms with Gasteiger partial charge in [-0.25, -0.2) is 4.79 Å². The first-order chi connectivity index (χ1) is 11.8. The number of hydrogen-bond donors (Lipinski definition) is 3. The van der Waals surface area contributed by atoms with Crippen LogP contribution in [-0.2, 0) is 12.6 Å². The molecule has 0 aliphatic heterocycles. The number of nitrogens with one attached hydrogen (secondary N) is 2. The summed E-state index contributed by atoms with van der Waals surface area (Å²) in [7, 11) is 0. The highest BCUT2D eigenvalue weighted by Crippen LogP contribution is 2.36. The van der Waals surface area contributed by atoms with E-state index >= 15 is 0 Å². The van der Waals surface area contributed by atoms with E-state index in [1.54, 1.807) is 22.6 Å². The molecule has 0 saturated heterocycles. The van der Waals surface area contributed by atoms with E-state index in [1.165, 1.54) is 5.56 Å². The fourth-order valence-corrected chi connectivity index (χ4v) is 3.53. The summed E-state index contributed by atoms with van der Waals surface area (Å²) in [4.78, 5) is 12.2. The van der Waals surface area contributed by atoms with Crippen molar-refractivity contribution >= 4 is 40.0 Å².